The molecule has 0 spiro atoms. The summed E-state index contributed by atoms with van der Waals surface area (Å²) in [6, 6.07) is 17.7. The van der Waals surface area contributed by atoms with Gasteiger partial charge in [-0.1, -0.05) is 29.5 Å². The SMILES string of the molecule is COc1cccc(C(=O)N=c2sc3ccccc3n2[C@@H](C)C(=O)NCc2ccncc2)c1. The molecule has 0 aliphatic heterocycles. The van der Waals surface area contributed by atoms with Gasteiger partial charge in [0.1, 0.15) is 11.8 Å². The highest BCUT2D eigenvalue weighted by atomic mass is 32.1. The van der Waals surface area contributed by atoms with Gasteiger partial charge in [-0.25, -0.2) is 0 Å². The molecule has 162 valence electrons. The normalized spacial score (nSPS) is 12.5. The van der Waals surface area contributed by atoms with Crippen LogP contribution in [0.15, 0.2) is 78.0 Å². The minimum Gasteiger partial charge on any atom is -0.497 e. The van der Waals surface area contributed by atoms with E-state index in [0.717, 1.165) is 15.8 Å². The number of pyridine rings is 1. The predicted molar refractivity (Wildman–Crippen MR) is 123 cm³/mol. The Balaban J connectivity index is 1.68. The lowest BCUT2D eigenvalue weighted by Gasteiger charge is -2.15. The summed E-state index contributed by atoms with van der Waals surface area (Å²) in [6.45, 7) is 2.19. The standard InChI is InChI=1S/C24H22N4O3S/c1-16(22(29)26-15-17-10-12-25-13-11-17)28-20-8-3-4-9-21(20)32-24(28)27-23(30)18-6-5-7-19(14-18)31-2/h3-14,16H,15H2,1-2H3,(H,26,29)/t16-/m0/s1. The number of hydrogen-bond acceptors (Lipinski definition) is 5. The van der Waals surface area contributed by atoms with Gasteiger partial charge < -0.3 is 14.6 Å². The Labute approximate surface area is 189 Å². The van der Waals surface area contributed by atoms with E-state index in [4.69, 9.17) is 4.74 Å². The van der Waals surface area contributed by atoms with E-state index in [-0.39, 0.29) is 5.91 Å². The topological polar surface area (TPSA) is 85.6 Å². The third-order valence-corrected chi connectivity index (χ3v) is 6.06. The van der Waals surface area contributed by atoms with Crippen LogP contribution < -0.4 is 14.9 Å². The van der Waals surface area contributed by atoms with Crippen LogP contribution >= 0.6 is 11.3 Å². The van der Waals surface area contributed by atoms with Crippen LogP contribution in [0.4, 0.5) is 0 Å². The third kappa shape index (κ3) is 4.60. The number of ether oxygens (including phenoxy) is 1. The zero-order valence-electron chi connectivity index (χ0n) is 17.7. The van der Waals surface area contributed by atoms with E-state index in [0.29, 0.717) is 22.7 Å². The second-order valence-corrected chi connectivity index (χ2v) is 8.13. The Kier molecular flexibility index (Phi) is 6.42. The Morgan fingerprint density at radius 1 is 1.12 bits per heavy atom. The first-order valence-electron chi connectivity index (χ1n) is 10.1. The number of thiazole rings is 1. The van der Waals surface area contributed by atoms with Crippen molar-refractivity contribution in [3.8, 4) is 5.75 Å². The molecule has 0 aliphatic rings. The Morgan fingerprint density at radius 3 is 2.69 bits per heavy atom. The lowest BCUT2D eigenvalue weighted by molar-refractivity contribution is -0.124. The minimum atomic E-state index is -0.565. The van der Waals surface area contributed by atoms with Gasteiger partial charge in [0.25, 0.3) is 5.91 Å². The lowest BCUT2D eigenvalue weighted by atomic mass is 10.2. The number of para-hydroxylation sites is 1. The molecule has 1 N–H and O–H groups in total. The molecule has 4 rings (SSSR count). The van der Waals surface area contributed by atoms with Crippen molar-refractivity contribution in [1.82, 2.24) is 14.9 Å². The molecule has 2 aromatic carbocycles. The maximum absolute atomic E-state index is 13.0. The molecule has 0 fully saturated rings. The van der Waals surface area contributed by atoms with E-state index in [1.807, 2.05) is 36.4 Å². The number of amides is 2. The molecule has 2 amide bonds. The maximum atomic E-state index is 13.0. The van der Waals surface area contributed by atoms with Crippen molar-refractivity contribution in [1.29, 1.82) is 0 Å². The van der Waals surface area contributed by atoms with Crippen LogP contribution in [-0.4, -0.2) is 28.5 Å². The highest BCUT2D eigenvalue weighted by molar-refractivity contribution is 7.16. The Morgan fingerprint density at radius 2 is 1.91 bits per heavy atom. The van der Waals surface area contributed by atoms with E-state index in [9.17, 15) is 9.59 Å². The third-order valence-electron chi connectivity index (χ3n) is 5.03. The van der Waals surface area contributed by atoms with Crippen molar-refractivity contribution in [2.24, 2.45) is 4.99 Å². The molecule has 8 heteroatoms. The first-order valence-corrected chi connectivity index (χ1v) is 10.9. The molecule has 0 aliphatic carbocycles. The molecule has 0 unspecified atom stereocenters. The second-order valence-electron chi connectivity index (χ2n) is 7.12. The fourth-order valence-corrected chi connectivity index (χ4v) is 4.40. The van der Waals surface area contributed by atoms with Crippen LogP contribution in [0.25, 0.3) is 10.2 Å². The van der Waals surface area contributed by atoms with Crippen molar-refractivity contribution in [2.45, 2.75) is 19.5 Å². The molecule has 4 aromatic rings. The summed E-state index contributed by atoms with van der Waals surface area (Å²) in [4.78, 5) is 34.7. The largest absolute Gasteiger partial charge is 0.497 e. The predicted octanol–water partition coefficient (Wildman–Crippen LogP) is 3.72. The Hall–Kier alpha value is -3.78. The van der Waals surface area contributed by atoms with Gasteiger partial charge in [0.05, 0.1) is 17.3 Å². The fraction of sp³-hybridized carbons (Fsp3) is 0.167. The molecule has 0 radical (unpaired) electrons. The average molecular weight is 447 g/mol. The van der Waals surface area contributed by atoms with Crippen molar-refractivity contribution in [3.63, 3.8) is 0 Å². The van der Waals surface area contributed by atoms with E-state index < -0.39 is 11.9 Å². The summed E-state index contributed by atoms with van der Waals surface area (Å²) in [5.74, 6) is 0.0216. The number of nitrogens with one attached hydrogen (secondary N) is 1. The minimum absolute atomic E-state index is 0.166. The van der Waals surface area contributed by atoms with Crippen LogP contribution in [0.2, 0.25) is 0 Å². The number of rotatable bonds is 6. The Bertz CT molecular complexity index is 1330. The van der Waals surface area contributed by atoms with Crippen molar-refractivity contribution in [3.05, 3.63) is 89.0 Å². The van der Waals surface area contributed by atoms with E-state index in [1.165, 1.54) is 11.3 Å². The van der Waals surface area contributed by atoms with Gasteiger partial charge >= 0.3 is 0 Å². The number of benzene rings is 2. The summed E-state index contributed by atoms with van der Waals surface area (Å²) in [5, 5.41) is 2.95. The number of carbonyl (C=O) groups is 2. The summed E-state index contributed by atoms with van der Waals surface area (Å²) in [7, 11) is 1.55. The van der Waals surface area contributed by atoms with Crippen LogP contribution in [0.1, 0.15) is 28.9 Å². The quantitative estimate of drug-likeness (QED) is 0.489. The molecule has 2 aromatic heterocycles. The van der Waals surface area contributed by atoms with Crippen LogP contribution in [0.3, 0.4) is 0 Å². The molecule has 7 nitrogen and oxygen atoms in total. The van der Waals surface area contributed by atoms with E-state index >= 15 is 0 Å². The molecule has 0 saturated carbocycles. The van der Waals surface area contributed by atoms with Gasteiger partial charge in [-0.05, 0) is 55.0 Å². The molecule has 32 heavy (non-hydrogen) atoms. The number of nitrogens with zero attached hydrogens (tertiary/aromatic N) is 3. The van der Waals surface area contributed by atoms with Crippen LogP contribution in [0, 0.1) is 0 Å². The first-order chi connectivity index (χ1) is 15.6. The number of carbonyl (C=O) groups excluding carboxylic acids is 2. The van der Waals surface area contributed by atoms with Gasteiger partial charge in [-0.15, -0.1) is 0 Å². The number of hydrogen-bond donors (Lipinski definition) is 1. The molecular weight excluding hydrogens is 424 g/mol. The monoisotopic (exact) mass is 446 g/mol. The molecule has 1 atom stereocenters. The lowest BCUT2D eigenvalue weighted by Crippen LogP contribution is -2.34. The summed E-state index contributed by atoms with van der Waals surface area (Å²) in [6.07, 6.45) is 3.38. The van der Waals surface area contributed by atoms with E-state index in [2.05, 4.69) is 15.3 Å². The highest BCUT2D eigenvalue weighted by Gasteiger charge is 2.20. The van der Waals surface area contributed by atoms with Crippen LogP contribution in [-0.2, 0) is 11.3 Å². The van der Waals surface area contributed by atoms with Gasteiger partial charge in [-0.3, -0.25) is 14.6 Å². The smallest absolute Gasteiger partial charge is 0.279 e. The average Bonchev–Trinajstić information content (AvgIpc) is 3.20. The molecule has 0 bridgehead atoms. The van der Waals surface area contributed by atoms with Crippen LogP contribution in [0.5, 0.6) is 5.75 Å². The molecule has 2 heterocycles. The van der Waals surface area contributed by atoms with Crippen molar-refractivity contribution in [2.75, 3.05) is 7.11 Å². The van der Waals surface area contributed by atoms with Gasteiger partial charge in [-0.2, -0.15) is 4.99 Å². The molecular formula is C24H22N4O3S. The summed E-state index contributed by atoms with van der Waals surface area (Å²) < 4.78 is 7.96. The van der Waals surface area contributed by atoms with Gasteiger partial charge in [0.15, 0.2) is 4.80 Å². The first kappa shape index (κ1) is 21.5. The summed E-state index contributed by atoms with van der Waals surface area (Å²) >= 11 is 1.37. The zero-order valence-corrected chi connectivity index (χ0v) is 18.5. The van der Waals surface area contributed by atoms with Gasteiger partial charge in [0.2, 0.25) is 5.91 Å². The second kappa shape index (κ2) is 9.57. The van der Waals surface area contributed by atoms with Gasteiger partial charge in [0, 0.05) is 24.5 Å². The fourth-order valence-electron chi connectivity index (χ4n) is 3.31. The van der Waals surface area contributed by atoms with Crippen molar-refractivity contribution < 1.29 is 14.3 Å². The summed E-state index contributed by atoms with van der Waals surface area (Å²) in [5.41, 5.74) is 2.23. The van der Waals surface area contributed by atoms with E-state index in [1.54, 1.807) is 55.3 Å². The number of aromatic nitrogens is 2. The highest BCUT2D eigenvalue weighted by Crippen LogP contribution is 2.21. The maximum Gasteiger partial charge on any atom is 0.279 e. The number of fused-ring (bicyclic) bond motifs is 1. The van der Waals surface area contributed by atoms with Crippen molar-refractivity contribution >= 4 is 33.4 Å². The zero-order chi connectivity index (χ0) is 22.5. The number of methoxy groups -OCH3 is 1. The molecule has 0 saturated heterocycles.